The van der Waals surface area contributed by atoms with Crippen LogP contribution in [0.25, 0.3) is 0 Å². The maximum absolute atomic E-state index is 13.8. The molecule has 4 rings (SSSR count). The van der Waals surface area contributed by atoms with Crippen molar-refractivity contribution in [3.8, 4) is 23.0 Å². The molecule has 0 saturated heterocycles. The van der Waals surface area contributed by atoms with Crippen LogP contribution in [0.3, 0.4) is 0 Å². The largest absolute Gasteiger partial charge is 0.507 e. The fourth-order valence-electron chi connectivity index (χ4n) is 8.72. The number of hydrogen-bond donors (Lipinski definition) is 2. The summed E-state index contributed by atoms with van der Waals surface area (Å²) in [5, 5.41) is 23.0. The highest BCUT2D eigenvalue weighted by Crippen LogP contribution is 2.49. The number of phenols is 2. The number of aromatic hydroxyl groups is 2. The number of carbonyl (C=O) groups excluding carboxylic acids is 2. The number of aryl methyl sites for hydroxylation is 2. The molecular weight excluding hydrogens is 687 g/mol. The lowest BCUT2D eigenvalue weighted by molar-refractivity contribution is -0.875. The number of hydrogen-bond acceptors (Lipinski definition) is 6. The van der Waals surface area contributed by atoms with Crippen molar-refractivity contribution >= 4 is 11.9 Å². The third-order valence-corrected chi connectivity index (χ3v) is 11.8. The number of ether oxygens (including phenoxy) is 2. The molecule has 0 saturated carbocycles. The van der Waals surface area contributed by atoms with Gasteiger partial charge in [-0.25, -0.2) is 9.59 Å². The highest BCUT2D eigenvalue weighted by molar-refractivity contribution is 5.77. The Morgan fingerprint density at radius 3 is 1.67 bits per heavy atom. The molecule has 4 atom stereocenters. The van der Waals surface area contributed by atoms with Crippen LogP contribution in [0.1, 0.15) is 147 Å². The van der Waals surface area contributed by atoms with Crippen LogP contribution in [0.5, 0.6) is 23.0 Å². The lowest BCUT2D eigenvalue weighted by Crippen LogP contribution is -2.49. The number of rotatable bonds is 18. The summed E-state index contributed by atoms with van der Waals surface area (Å²) < 4.78 is 12.4. The molecule has 0 fully saturated rings. The van der Waals surface area contributed by atoms with Crippen molar-refractivity contribution in [1.29, 1.82) is 0 Å². The lowest BCUT2D eigenvalue weighted by Gasteiger charge is -2.34. The maximum atomic E-state index is 13.8. The monoisotopic (exact) mass is 757 g/mol. The first kappa shape index (κ1) is 43.9. The average Bonchev–Trinajstić information content (AvgIpc) is 3.07. The summed E-state index contributed by atoms with van der Waals surface area (Å²) in [6.45, 7) is 19.1. The Morgan fingerprint density at radius 2 is 1.22 bits per heavy atom. The first-order valence-corrected chi connectivity index (χ1v) is 21.0. The number of quaternary nitrogens is 1. The highest BCUT2D eigenvalue weighted by atomic mass is 16.5. The number of likely N-dealkylation sites (N-methyl/N-ethyl adjacent to an activating group) is 1. The molecule has 302 valence electrons. The minimum Gasteiger partial charge on any atom is -0.507 e. The normalized spacial score (nSPS) is 20.2. The van der Waals surface area contributed by atoms with Crippen molar-refractivity contribution in [3.63, 3.8) is 0 Å². The minimum absolute atomic E-state index is 0.000564. The molecular formula is C48H70NO6+. The highest BCUT2D eigenvalue weighted by Gasteiger charge is 2.35. The summed E-state index contributed by atoms with van der Waals surface area (Å²) >= 11 is 0. The van der Waals surface area contributed by atoms with Crippen molar-refractivity contribution in [2.45, 2.75) is 137 Å². The minimum atomic E-state index is -0.494. The van der Waals surface area contributed by atoms with Gasteiger partial charge in [0, 0.05) is 23.0 Å². The van der Waals surface area contributed by atoms with Gasteiger partial charge in [0.2, 0.25) is 0 Å². The summed E-state index contributed by atoms with van der Waals surface area (Å²) in [5.41, 5.74) is 6.70. The summed E-state index contributed by atoms with van der Waals surface area (Å²) in [4.78, 5) is 27.7. The summed E-state index contributed by atoms with van der Waals surface area (Å²) in [5.74, 6) is 0.654. The molecule has 7 heteroatoms. The molecule has 2 aliphatic carbocycles. The fraction of sp³-hybridized carbons (Fsp3) is 0.583. The summed E-state index contributed by atoms with van der Waals surface area (Å²) in [6, 6.07) is 7.52. The van der Waals surface area contributed by atoms with Gasteiger partial charge in [-0.15, -0.1) is 0 Å². The zero-order valence-corrected chi connectivity index (χ0v) is 35.4. The molecule has 2 aromatic rings. The molecule has 0 spiro atoms. The van der Waals surface area contributed by atoms with Crippen LogP contribution < -0.4 is 9.47 Å². The number of unbranched alkanes of at least 4 members (excludes halogenated alkanes) is 4. The summed E-state index contributed by atoms with van der Waals surface area (Å²) in [7, 11) is 3.63. The number of allylic oxidation sites excluding steroid dienone is 5. The van der Waals surface area contributed by atoms with Gasteiger partial charge in [0.1, 0.15) is 23.0 Å². The molecule has 0 radical (unpaired) electrons. The maximum Gasteiger partial charge on any atom is 0.367 e. The predicted molar refractivity (Wildman–Crippen MR) is 224 cm³/mol. The Balaban J connectivity index is 1.60. The van der Waals surface area contributed by atoms with Gasteiger partial charge in [-0.3, -0.25) is 0 Å². The van der Waals surface area contributed by atoms with Crippen LogP contribution in [0.4, 0.5) is 0 Å². The van der Waals surface area contributed by atoms with Crippen molar-refractivity contribution in [3.05, 3.63) is 82.0 Å². The van der Waals surface area contributed by atoms with Crippen molar-refractivity contribution < 1.29 is 33.8 Å². The number of nitrogens with zero attached hydrogens (tertiary/aromatic N) is 1. The van der Waals surface area contributed by atoms with Gasteiger partial charge in [-0.2, -0.15) is 0 Å². The number of carbonyl (C=O) groups is 2. The molecule has 0 aromatic heterocycles. The Hall–Kier alpha value is -3.84. The average molecular weight is 757 g/mol. The zero-order valence-electron chi connectivity index (χ0n) is 35.4. The Morgan fingerprint density at radius 1 is 0.764 bits per heavy atom. The van der Waals surface area contributed by atoms with Crippen LogP contribution in [0.15, 0.2) is 59.7 Å². The van der Waals surface area contributed by atoms with E-state index in [0.29, 0.717) is 34.5 Å². The molecule has 0 amide bonds. The van der Waals surface area contributed by atoms with Gasteiger partial charge in [0.15, 0.2) is 13.1 Å². The zero-order chi connectivity index (χ0) is 40.4. The van der Waals surface area contributed by atoms with E-state index in [1.807, 2.05) is 45.3 Å². The third kappa shape index (κ3) is 12.1. The van der Waals surface area contributed by atoms with E-state index < -0.39 is 11.9 Å². The summed E-state index contributed by atoms with van der Waals surface area (Å²) in [6.07, 6.45) is 16.1. The Bertz CT molecular complexity index is 1730. The molecule has 2 aliphatic rings. The van der Waals surface area contributed by atoms with Crippen molar-refractivity contribution in [1.82, 2.24) is 0 Å². The fourth-order valence-corrected chi connectivity index (χ4v) is 8.72. The molecule has 0 aliphatic heterocycles. The van der Waals surface area contributed by atoms with Crippen LogP contribution in [0, 0.1) is 17.8 Å². The standard InChI is InChI=1S/C48H69NO6/c1-11-13-15-17-35-25-41(50)47(39-23-33(7)19-21-37(39)31(3)4)43(27-35)54-45(52)29-49(9,10)30-46(53)55-44-28-36(18-16-14-12-2)26-42(51)48(44)40-24-34(8)20-22-38(40)32(5)6/h23-28,32,37-40H,3,11-22,29-30H2,1-2,4-10H3,(H-,50,51)/p+1/t37-,38-,39+,40+/m0/s1. The SMILES string of the molecule is C=C(C)[C@@H]1CCC(C)=C[C@H]1c1c(O)cc(CCCCC)cc1OC(=O)C[N+](C)(C)CC(=O)Oc1cc(CCCCC)cc(O)c1[C@@H]1C=C(C)CC[C@H]1C(C)C. The molecule has 7 nitrogen and oxygen atoms in total. The Labute approximate surface area is 332 Å². The van der Waals surface area contributed by atoms with Gasteiger partial charge in [-0.1, -0.05) is 88.8 Å². The Kier molecular flexibility index (Phi) is 15.8. The second-order valence-electron chi connectivity index (χ2n) is 17.7. The molecule has 55 heavy (non-hydrogen) atoms. The van der Waals surface area contributed by atoms with Crippen LogP contribution in [0.2, 0.25) is 0 Å². The van der Waals surface area contributed by atoms with E-state index in [0.717, 1.165) is 93.7 Å². The van der Waals surface area contributed by atoms with Gasteiger partial charge >= 0.3 is 11.9 Å². The van der Waals surface area contributed by atoms with Crippen LogP contribution in [-0.2, 0) is 22.4 Å². The van der Waals surface area contributed by atoms with E-state index in [4.69, 9.17) is 9.47 Å². The predicted octanol–water partition coefficient (Wildman–Crippen LogP) is 11.3. The molecule has 2 aromatic carbocycles. The van der Waals surface area contributed by atoms with E-state index in [9.17, 15) is 19.8 Å². The third-order valence-electron chi connectivity index (χ3n) is 11.8. The van der Waals surface area contributed by atoms with Crippen LogP contribution in [-0.4, -0.2) is 53.8 Å². The van der Waals surface area contributed by atoms with Gasteiger partial charge in [-0.05, 0) is 125 Å². The first-order valence-electron chi connectivity index (χ1n) is 21.0. The number of benzene rings is 2. The number of esters is 2. The van der Waals surface area contributed by atoms with Crippen LogP contribution >= 0.6 is 0 Å². The molecule has 2 N–H and O–H groups in total. The molecule has 0 heterocycles. The number of phenolic OH excluding ortho intramolecular Hbond substituents is 2. The van der Waals surface area contributed by atoms with Gasteiger partial charge in [0.25, 0.3) is 0 Å². The van der Waals surface area contributed by atoms with Gasteiger partial charge in [0.05, 0.1) is 14.1 Å². The van der Waals surface area contributed by atoms with E-state index in [1.165, 1.54) is 11.1 Å². The van der Waals surface area contributed by atoms with E-state index in [-0.39, 0.29) is 46.8 Å². The van der Waals surface area contributed by atoms with Crippen molar-refractivity contribution in [2.75, 3.05) is 27.2 Å². The van der Waals surface area contributed by atoms with E-state index in [2.05, 4.69) is 60.3 Å². The molecule has 0 bridgehead atoms. The van der Waals surface area contributed by atoms with E-state index >= 15 is 0 Å². The lowest BCUT2D eigenvalue weighted by atomic mass is 9.71. The smallest absolute Gasteiger partial charge is 0.367 e. The second kappa shape index (κ2) is 19.8. The first-order chi connectivity index (χ1) is 26.0. The topological polar surface area (TPSA) is 93.1 Å². The van der Waals surface area contributed by atoms with E-state index in [1.54, 1.807) is 0 Å². The second-order valence-corrected chi connectivity index (χ2v) is 17.7. The molecule has 0 unspecified atom stereocenters. The van der Waals surface area contributed by atoms with Gasteiger partial charge < -0.3 is 24.2 Å². The quantitative estimate of drug-likeness (QED) is 0.0517. The van der Waals surface area contributed by atoms with Crippen molar-refractivity contribution in [2.24, 2.45) is 17.8 Å².